The van der Waals surface area contributed by atoms with E-state index in [0.29, 0.717) is 12.3 Å². The molecule has 0 atom stereocenters. The summed E-state index contributed by atoms with van der Waals surface area (Å²) in [6, 6.07) is 16.6. The van der Waals surface area contributed by atoms with Gasteiger partial charge < -0.3 is 9.47 Å². The first-order chi connectivity index (χ1) is 9.74. The quantitative estimate of drug-likeness (QED) is 0.837. The van der Waals surface area contributed by atoms with Gasteiger partial charge in [-0.25, -0.2) is 4.79 Å². The molecule has 0 heterocycles. The van der Waals surface area contributed by atoms with Crippen molar-refractivity contribution in [2.24, 2.45) is 0 Å². The molecule has 1 amide bonds. The van der Waals surface area contributed by atoms with Crippen molar-refractivity contribution in [3.05, 3.63) is 59.1 Å². The SMILES string of the molecule is O=C(Nc1ccccc1)OCCOc1cccc(Br)c1. The molecule has 2 aromatic rings. The number of carbonyl (C=O) groups excluding carboxylic acids is 1. The first-order valence-electron chi connectivity index (χ1n) is 6.11. The van der Waals surface area contributed by atoms with Crippen LogP contribution in [0.5, 0.6) is 5.75 Å². The normalized spacial score (nSPS) is 9.85. The number of hydrogen-bond acceptors (Lipinski definition) is 3. The number of hydrogen-bond donors (Lipinski definition) is 1. The van der Waals surface area contributed by atoms with Crippen molar-refractivity contribution in [1.29, 1.82) is 0 Å². The third-order valence-corrected chi connectivity index (χ3v) is 2.89. The van der Waals surface area contributed by atoms with Crippen molar-refractivity contribution in [3.8, 4) is 5.75 Å². The van der Waals surface area contributed by atoms with E-state index in [1.165, 1.54) is 0 Å². The molecular formula is C15H14BrNO3. The van der Waals surface area contributed by atoms with Gasteiger partial charge in [-0.15, -0.1) is 0 Å². The molecule has 0 aliphatic heterocycles. The van der Waals surface area contributed by atoms with Crippen LogP contribution in [-0.2, 0) is 4.74 Å². The topological polar surface area (TPSA) is 47.6 Å². The van der Waals surface area contributed by atoms with Crippen LogP contribution >= 0.6 is 15.9 Å². The van der Waals surface area contributed by atoms with Crippen LogP contribution < -0.4 is 10.1 Å². The summed E-state index contributed by atoms with van der Waals surface area (Å²) >= 11 is 3.36. The summed E-state index contributed by atoms with van der Waals surface area (Å²) in [5.74, 6) is 0.728. The van der Waals surface area contributed by atoms with E-state index in [-0.39, 0.29) is 6.61 Å². The van der Waals surface area contributed by atoms with Crippen LogP contribution in [0.25, 0.3) is 0 Å². The number of rotatable bonds is 5. The zero-order chi connectivity index (χ0) is 14.2. The average molecular weight is 336 g/mol. The molecule has 2 rings (SSSR count). The van der Waals surface area contributed by atoms with Gasteiger partial charge in [-0.1, -0.05) is 40.2 Å². The van der Waals surface area contributed by atoms with E-state index < -0.39 is 6.09 Å². The molecule has 0 spiro atoms. The van der Waals surface area contributed by atoms with Gasteiger partial charge in [0.1, 0.15) is 19.0 Å². The van der Waals surface area contributed by atoms with E-state index in [4.69, 9.17) is 9.47 Å². The van der Waals surface area contributed by atoms with Gasteiger partial charge >= 0.3 is 6.09 Å². The number of para-hydroxylation sites is 1. The van der Waals surface area contributed by atoms with E-state index in [1.807, 2.05) is 42.5 Å². The maximum absolute atomic E-state index is 11.5. The Hall–Kier alpha value is -2.01. The molecule has 0 radical (unpaired) electrons. The van der Waals surface area contributed by atoms with Gasteiger partial charge in [-0.2, -0.15) is 0 Å². The molecule has 1 N–H and O–H groups in total. The lowest BCUT2D eigenvalue weighted by molar-refractivity contribution is 0.138. The molecule has 0 unspecified atom stereocenters. The second-order valence-corrected chi connectivity index (χ2v) is 4.85. The summed E-state index contributed by atoms with van der Waals surface area (Å²) in [6.45, 7) is 0.490. The van der Waals surface area contributed by atoms with Gasteiger partial charge in [0.15, 0.2) is 0 Å². The van der Waals surface area contributed by atoms with Crippen molar-refractivity contribution in [3.63, 3.8) is 0 Å². The third-order valence-electron chi connectivity index (χ3n) is 2.40. The Morgan fingerprint density at radius 3 is 2.60 bits per heavy atom. The van der Waals surface area contributed by atoms with Crippen molar-refractivity contribution in [2.45, 2.75) is 0 Å². The van der Waals surface area contributed by atoms with Crippen LogP contribution in [0, 0.1) is 0 Å². The summed E-state index contributed by atoms with van der Waals surface area (Å²) < 4.78 is 11.4. The van der Waals surface area contributed by atoms with Crippen LogP contribution in [0.15, 0.2) is 59.1 Å². The second kappa shape index (κ2) is 7.55. The molecule has 4 nitrogen and oxygen atoms in total. The highest BCUT2D eigenvalue weighted by atomic mass is 79.9. The fourth-order valence-electron chi connectivity index (χ4n) is 1.53. The highest BCUT2D eigenvalue weighted by Gasteiger charge is 2.02. The van der Waals surface area contributed by atoms with E-state index >= 15 is 0 Å². The zero-order valence-electron chi connectivity index (χ0n) is 10.7. The Morgan fingerprint density at radius 2 is 1.85 bits per heavy atom. The summed E-state index contributed by atoms with van der Waals surface area (Å²) in [7, 11) is 0. The van der Waals surface area contributed by atoms with Crippen LogP contribution in [-0.4, -0.2) is 19.3 Å². The van der Waals surface area contributed by atoms with Gasteiger partial charge in [-0.3, -0.25) is 5.32 Å². The Morgan fingerprint density at radius 1 is 1.05 bits per heavy atom. The summed E-state index contributed by atoms with van der Waals surface area (Å²) in [5, 5.41) is 2.63. The van der Waals surface area contributed by atoms with Gasteiger partial charge in [0.2, 0.25) is 0 Å². The van der Waals surface area contributed by atoms with Gasteiger partial charge in [0.25, 0.3) is 0 Å². The number of nitrogens with one attached hydrogen (secondary N) is 1. The molecule has 0 aliphatic carbocycles. The van der Waals surface area contributed by atoms with Crippen LogP contribution in [0.2, 0.25) is 0 Å². The average Bonchev–Trinajstić information content (AvgIpc) is 2.45. The fourth-order valence-corrected chi connectivity index (χ4v) is 1.90. The Bertz CT molecular complexity index is 560. The highest BCUT2D eigenvalue weighted by molar-refractivity contribution is 9.10. The molecule has 5 heteroatoms. The maximum Gasteiger partial charge on any atom is 0.411 e. The molecule has 20 heavy (non-hydrogen) atoms. The summed E-state index contributed by atoms with van der Waals surface area (Å²) in [4.78, 5) is 11.5. The maximum atomic E-state index is 11.5. The monoisotopic (exact) mass is 335 g/mol. The molecule has 0 fully saturated rings. The molecule has 2 aromatic carbocycles. The Balaban J connectivity index is 1.67. The summed E-state index contributed by atoms with van der Waals surface area (Å²) in [6.07, 6.45) is -0.492. The standard InChI is InChI=1S/C15H14BrNO3/c16-12-5-4-8-14(11-12)19-9-10-20-15(18)17-13-6-2-1-3-7-13/h1-8,11H,9-10H2,(H,17,18). The van der Waals surface area contributed by atoms with Crippen LogP contribution in [0.3, 0.4) is 0 Å². The van der Waals surface area contributed by atoms with E-state index in [2.05, 4.69) is 21.2 Å². The lowest BCUT2D eigenvalue weighted by Gasteiger charge is -2.08. The predicted molar refractivity (Wildman–Crippen MR) is 81.0 cm³/mol. The number of ether oxygens (including phenoxy) is 2. The number of anilines is 1. The van der Waals surface area contributed by atoms with Crippen LogP contribution in [0.1, 0.15) is 0 Å². The van der Waals surface area contributed by atoms with Crippen molar-refractivity contribution in [2.75, 3.05) is 18.5 Å². The highest BCUT2D eigenvalue weighted by Crippen LogP contribution is 2.17. The van der Waals surface area contributed by atoms with E-state index in [1.54, 1.807) is 12.1 Å². The molecule has 0 aliphatic rings. The van der Waals surface area contributed by atoms with E-state index in [9.17, 15) is 4.79 Å². The molecule has 0 saturated carbocycles. The predicted octanol–water partition coefficient (Wildman–Crippen LogP) is 4.08. The summed E-state index contributed by atoms with van der Waals surface area (Å²) in [5.41, 5.74) is 0.699. The van der Waals surface area contributed by atoms with Gasteiger partial charge in [0, 0.05) is 10.2 Å². The van der Waals surface area contributed by atoms with Crippen molar-refractivity contribution < 1.29 is 14.3 Å². The minimum Gasteiger partial charge on any atom is -0.490 e. The number of halogens is 1. The molecule has 0 aromatic heterocycles. The van der Waals surface area contributed by atoms with Crippen molar-refractivity contribution in [1.82, 2.24) is 0 Å². The molecular weight excluding hydrogens is 322 g/mol. The van der Waals surface area contributed by atoms with Crippen molar-refractivity contribution >= 4 is 27.7 Å². The molecule has 0 bridgehead atoms. The lowest BCUT2D eigenvalue weighted by atomic mass is 10.3. The molecule has 0 saturated heterocycles. The molecule has 104 valence electrons. The van der Waals surface area contributed by atoms with Gasteiger partial charge in [-0.05, 0) is 30.3 Å². The largest absolute Gasteiger partial charge is 0.490 e. The minimum atomic E-state index is -0.492. The fraction of sp³-hybridized carbons (Fsp3) is 0.133. The smallest absolute Gasteiger partial charge is 0.411 e. The Labute approximate surface area is 125 Å². The third kappa shape index (κ3) is 4.93. The second-order valence-electron chi connectivity index (χ2n) is 3.93. The first kappa shape index (κ1) is 14.4. The van der Waals surface area contributed by atoms with E-state index in [0.717, 1.165) is 10.2 Å². The van der Waals surface area contributed by atoms with Crippen LogP contribution in [0.4, 0.5) is 10.5 Å². The first-order valence-corrected chi connectivity index (χ1v) is 6.90. The number of amides is 1. The number of benzene rings is 2. The van der Waals surface area contributed by atoms with Gasteiger partial charge in [0.05, 0.1) is 0 Å². The Kier molecular flexibility index (Phi) is 5.43. The number of carbonyl (C=O) groups is 1. The zero-order valence-corrected chi connectivity index (χ0v) is 12.3. The minimum absolute atomic E-state index is 0.186. The lowest BCUT2D eigenvalue weighted by Crippen LogP contribution is -2.17.